The molecule has 0 aliphatic rings. The zero-order valence-electron chi connectivity index (χ0n) is 5.69. The first-order chi connectivity index (χ1) is 4.75. The third-order valence-corrected chi connectivity index (χ3v) is 1.68. The summed E-state index contributed by atoms with van der Waals surface area (Å²) in [6.07, 6.45) is 5.22. The van der Waals surface area contributed by atoms with Crippen LogP contribution in [0.25, 0.3) is 0 Å². The summed E-state index contributed by atoms with van der Waals surface area (Å²) in [7, 11) is 0. The van der Waals surface area contributed by atoms with E-state index in [2.05, 4.69) is 5.92 Å². The average Bonchev–Trinajstić information content (AvgIpc) is 1.88. The quantitative estimate of drug-likeness (QED) is 0.499. The van der Waals surface area contributed by atoms with Crippen LogP contribution in [-0.4, -0.2) is 0 Å². The molecule has 1 aromatic carbocycles. The Bertz CT molecular complexity index is 261. The highest BCUT2D eigenvalue weighted by Gasteiger charge is 1.97. The molecule has 0 nitrogen and oxygen atoms in total. The van der Waals surface area contributed by atoms with Crippen LogP contribution in [0.15, 0.2) is 18.2 Å². The molecule has 0 amide bonds. The van der Waals surface area contributed by atoms with Gasteiger partial charge in [-0.05, 0) is 18.6 Å². The Hall–Kier alpha value is -0.930. The predicted octanol–water partition coefficient (Wildman–Crippen LogP) is 2.63. The van der Waals surface area contributed by atoms with Crippen LogP contribution in [0.3, 0.4) is 0 Å². The van der Waals surface area contributed by atoms with Gasteiger partial charge in [0.15, 0.2) is 0 Å². The standard InChI is InChI=1S/C9H7Cl/c1-3-8-7(2)5-4-6-9(8)10/h1,4-6H,2H3. The maximum atomic E-state index is 5.79. The van der Waals surface area contributed by atoms with Crippen molar-refractivity contribution < 1.29 is 0 Å². The van der Waals surface area contributed by atoms with Crippen molar-refractivity contribution in [3.05, 3.63) is 34.3 Å². The van der Waals surface area contributed by atoms with Gasteiger partial charge in [0.05, 0.1) is 5.02 Å². The molecule has 10 heavy (non-hydrogen) atoms. The summed E-state index contributed by atoms with van der Waals surface area (Å²) >= 11 is 5.79. The normalized spacial score (nSPS) is 8.90. The van der Waals surface area contributed by atoms with Crippen molar-refractivity contribution in [2.75, 3.05) is 0 Å². The highest BCUT2D eigenvalue weighted by molar-refractivity contribution is 6.31. The topological polar surface area (TPSA) is 0 Å². The Labute approximate surface area is 65.8 Å². The number of aryl methyl sites for hydroxylation is 1. The summed E-state index contributed by atoms with van der Waals surface area (Å²) in [5.41, 5.74) is 1.85. The van der Waals surface area contributed by atoms with Gasteiger partial charge < -0.3 is 0 Å². The van der Waals surface area contributed by atoms with E-state index in [0.29, 0.717) is 5.02 Å². The van der Waals surface area contributed by atoms with E-state index in [0.717, 1.165) is 11.1 Å². The summed E-state index contributed by atoms with van der Waals surface area (Å²) in [6.45, 7) is 1.95. The van der Waals surface area contributed by atoms with Gasteiger partial charge >= 0.3 is 0 Å². The van der Waals surface area contributed by atoms with Gasteiger partial charge in [-0.3, -0.25) is 0 Å². The van der Waals surface area contributed by atoms with Gasteiger partial charge in [-0.2, -0.15) is 0 Å². The molecule has 0 aliphatic heterocycles. The van der Waals surface area contributed by atoms with E-state index in [1.165, 1.54) is 0 Å². The molecule has 0 radical (unpaired) electrons. The van der Waals surface area contributed by atoms with Gasteiger partial charge in [0.1, 0.15) is 0 Å². The number of rotatable bonds is 0. The zero-order chi connectivity index (χ0) is 7.56. The highest BCUT2D eigenvalue weighted by atomic mass is 35.5. The summed E-state index contributed by atoms with van der Waals surface area (Å²) in [4.78, 5) is 0. The number of hydrogen-bond acceptors (Lipinski definition) is 0. The Balaban J connectivity index is 3.34. The smallest absolute Gasteiger partial charge is 0.0565 e. The Morgan fingerprint density at radius 3 is 2.60 bits per heavy atom. The summed E-state index contributed by atoms with van der Waals surface area (Å²) in [5.74, 6) is 2.53. The van der Waals surface area contributed by atoms with Crippen LogP contribution in [-0.2, 0) is 0 Å². The zero-order valence-corrected chi connectivity index (χ0v) is 6.44. The lowest BCUT2D eigenvalue weighted by molar-refractivity contribution is 1.44. The number of terminal acetylenes is 1. The molecule has 0 saturated carbocycles. The number of hydrogen-bond donors (Lipinski definition) is 0. The molecule has 1 aromatic rings. The molecule has 0 bridgehead atoms. The first-order valence-corrected chi connectivity index (χ1v) is 3.35. The molecule has 0 spiro atoms. The van der Waals surface area contributed by atoms with Gasteiger partial charge in [-0.25, -0.2) is 0 Å². The van der Waals surface area contributed by atoms with Crippen molar-refractivity contribution in [2.45, 2.75) is 6.92 Å². The van der Waals surface area contributed by atoms with Gasteiger partial charge in [-0.15, -0.1) is 6.42 Å². The minimum absolute atomic E-state index is 0.655. The molecule has 0 aromatic heterocycles. The van der Waals surface area contributed by atoms with E-state index in [1.54, 1.807) is 6.07 Å². The molecule has 0 aliphatic carbocycles. The molecule has 0 saturated heterocycles. The fraction of sp³-hybridized carbons (Fsp3) is 0.111. The molecule has 1 heteroatoms. The monoisotopic (exact) mass is 150 g/mol. The molecule has 0 fully saturated rings. The molecule has 50 valence electrons. The second-order valence-electron chi connectivity index (χ2n) is 2.08. The lowest BCUT2D eigenvalue weighted by Gasteiger charge is -1.98. The SMILES string of the molecule is C#Cc1c(C)cccc1Cl. The largest absolute Gasteiger partial charge is 0.115 e. The lowest BCUT2D eigenvalue weighted by atomic mass is 10.1. The third kappa shape index (κ3) is 1.15. The van der Waals surface area contributed by atoms with Crippen LogP contribution in [0.4, 0.5) is 0 Å². The van der Waals surface area contributed by atoms with E-state index < -0.39 is 0 Å². The summed E-state index contributed by atoms with van der Waals surface area (Å²) in [6, 6.07) is 5.63. The van der Waals surface area contributed by atoms with E-state index in [-0.39, 0.29) is 0 Å². The summed E-state index contributed by atoms with van der Waals surface area (Å²) < 4.78 is 0. The Morgan fingerprint density at radius 2 is 2.20 bits per heavy atom. The van der Waals surface area contributed by atoms with Gasteiger partial charge in [0.25, 0.3) is 0 Å². The van der Waals surface area contributed by atoms with Gasteiger partial charge in [-0.1, -0.05) is 29.7 Å². The molecule has 1 rings (SSSR count). The second kappa shape index (κ2) is 2.77. The maximum absolute atomic E-state index is 5.79. The van der Waals surface area contributed by atoms with Crippen molar-refractivity contribution in [3.8, 4) is 12.3 Å². The molecular weight excluding hydrogens is 144 g/mol. The molecule has 0 unspecified atom stereocenters. The van der Waals surface area contributed by atoms with Crippen LogP contribution in [0.1, 0.15) is 11.1 Å². The predicted molar refractivity (Wildman–Crippen MR) is 44.1 cm³/mol. The van der Waals surface area contributed by atoms with Crippen LogP contribution in [0.5, 0.6) is 0 Å². The fourth-order valence-electron chi connectivity index (χ4n) is 0.815. The van der Waals surface area contributed by atoms with Gasteiger partial charge in [0.2, 0.25) is 0 Å². The van der Waals surface area contributed by atoms with E-state index >= 15 is 0 Å². The van der Waals surface area contributed by atoms with E-state index in [9.17, 15) is 0 Å². The minimum Gasteiger partial charge on any atom is -0.115 e. The van der Waals surface area contributed by atoms with Crippen molar-refractivity contribution >= 4 is 11.6 Å². The number of benzene rings is 1. The van der Waals surface area contributed by atoms with Crippen molar-refractivity contribution in [3.63, 3.8) is 0 Å². The second-order valence-corrected chi connectivity index (χ2v) is 2.48. The first-order valence-electron chi connectivity index (χ1n) is 2.97. The van der Waals surface area contributed by atoms with Crippen LogP contribution >= 0.6 is 11.6 Å². The highest BCUT2D eigenvalue weighted by Crippen LogP contribution is 2.17. The number of halogens is 1. The summed E-state index contributed by atoms with van der Waals surface area (Å²) in [5, 5.41) is 0.655. The van der Waals surface area contributed by atoms with Crippen molar-refractivity contribution in [1.82, 2.24) is 0 Å². The van der Waals surface area contributed by atoms with Crippen molar-refractivity contribution in [1.29, 1.82) is 0 Å². The van der Waals surface area contributed by atoms with Crippen LogP contribution < -0.4 is 0 Å². The minimum atomic E-state index is 0.655. The average molecular weight is 151 g/mol. The molecular formula is C9H7Cl. The van der Waals surface area contributed by atoms with Crippen molar-refractivity contribution in [2.24, 2.45) is 0 Å². The Kier molecular flexibility index (Phi) is 1.99. The van der Waals surface area contributed by atoms with Crippen LogP contribution in [0, 0.1) is 19.3 Å². The fourth-order valence-corrected chi connectivity index (χ4v) is 1.09. The first kappa shape index (κ1) is 7.18. The third-order valence-electron chi connectivity index (χ3n) is 1.37. The van der Waals surface area contributed by atoms with E-state index in [1.807, 2.05) is 19.1 Å². The molecule has 0 N–H and O–H groups in total. The van der Waals surface area contributed by atoms with Crippen LogP contribution in [0.2, 0.25) is 5.02 Å². The molecule has 0 atom stereocenters. The lowest BCUT2D eigenvalue weighted by Crippen LogP contribution is -1.81. The van der Waals surface area contributed by atoms with E-state index in [4.69, 9.17) is 18.0 Å². The maximum Gasteiger partial charge on any atom is 0.0565 e. The molecule has 0 heterocycles. The van der Waals surface area contributed by atoms with Gasteiger partial charge in [0, 0.05) is 5.56 Å². The Morgan fingerprint density at radius 1 is 1.50 bits per heavy atom.